The molecule has 1 aromatic rings. The van der Waals surface area contributed by atoms with Gasteiger partial charge in [0.1, 0.15) is 0 Å². The van der Waals surface area contributed by atoms with E-state index in [1.165, 1.54) is 6.07 Å². The lowest BCUT2D eigenvalue weighted by Gasteiger charge is -2.07. The summed E-state index contributed by atoms with van der Waals surface area (Å²) in [4.78, 5) is 0. The Hall–Kier alpha value is -1.22. The van der Waals surface area contributed by atoms with Gasteiger partial charge in [-0.3, -0.25) is 0 Å². The van der Waals surface area contributed by atoms with Crippen molar-refractivity contribution in [2.45, 2.75) is 13.3 Å². The monoisotopic (exact) mass is 167 g/mol. The number of hydrogen-bond acceptors (Lipinski definition) is 3. The zero-order valence-corrected chi connectivity index (χ0v) is 7.04. The molecular formula is C9H13NO2. The van der Waals surface area contributed by atoms with Crippen LogP contribution in [0.2, 0.25) is 0 Å². The van der Waals surface area contributed by atoms with Crippen LogP contribution in [0, 0.1) is 6.92 Å². The topological polar surface area (TPSA) is 66.5 Å². The molecule has 0 radical (unpaired) electrons. The Kier molecular flexibility index (Phi) is 2.55. The van der Waals surface area contributed by atoms with Crippen LogP contribution in [-0.2, 0) is 6.42 Å². The Labute approximate surface area is 71.5 Å². The highest BCUT2D eigenvalue weighted by molar-refractivity contribution is 5.48. The Morgan fingerprint density at radius 2 is 2.00 bits per heavy atom. The molecule has 0 aliphatic carbocycles. The fourth-order valence-corrected chi connectivity index (χ4v) is 1.15. The van der Waals surface area contributed by atoms with Gasteiger partial charge in [0.15, 0.2) is 11.5 Å². The predicted molar refractivity (Wildman–Crippen MR) is 47.3 cm³/mol. The van der Waals surface area contributed by atoms with Crippen LogP contribution >= 0.6 is 0 Å². The molecule has 0 bridgehead atoms. The molecule has 0 saturated carbocycles. The predicted octanol–water partition coefficient (Wildman–Crippen LogP) is 0.907. The zero-order valence-electron chi connectivity index (χ0n) is 7.04. The van der Waals surface area contributed by atoms with E-state index in [1.807, 2.05) is 0 Å². The molecule has 0 heterocycles. The van der Waals surface area contributed by atoms with Gasteiger partial charge in [0.2, 0.25) is 0 Å². The highest BCUT2D eigenvalue weighted by Gasteiger charge is 2.06. The molecule has 0 aromatic heterocycles. The summed E-state index contributed by atoms with van der Waals surface area (Å²) in [5.41, 5.74) is 7.06. The highest BCUT2D eigenvalue weighted by atomic mass is 16.3. The van der Waals surface area contributed by atoms with Crippen LogP contribution in [0.4, 0.5) is 0 Å². The molecule has 3 heteroatoms. The summed E-state index contributed by atoms with van der Waals surface area (Å²) in [7, 11) is 0. The van der Waals surface area contributed by atoms with Crippen LogP contribution in [0.15, 0.2) is 12.1 Å². The molecule has 0 saturated heterocycles. The summed E-state index contributed by atoms with van der Waals surface area (Å²) in [5, 5.41) is 18.4. The molecule has 4 N–H and O–H groups in total. The van der Waals surface area contributed by atoms with Crippen molar-refractivity contribution in [1.82, 2.24) is 0 Å². The van der Waals surface area contributed by atoms with Crippen molar-refractivity contribution in [3.8, 4) is 11.5 Å². The normalized spacial score (nSPS) is 10.2. The van der Waals surface area contributed by atoms with Gasteiger partial charge in [-0.15, -0.1) is 0 Å². The lowest BCUT2D eigenvalue weighted by atomic mass is 10.0. The fourth-order valence-electron chi connectivity index (χ4n) is 1.15. The number of nitrogens with two attached hydrogens (primary N) is 1. The van der Waals surface area contributed by atoms with Crippen molar-refractivity contribution < 1.29 is 10.2 Å². The second-order valence-corrected chi connectivity index (χ2v) is 2.76. The largest absolute Gasteiger partial charge is 0.504 e. The number of hydrogen-bond donors (Lipinski definition) is 3. The van der Waals surface area contributed by atoms with E-state index in [2.05, 4.69) is 0 Å². The molecule has 1 rings (SSSR count). The van der Waals surface area contributed by atoms with Gasteiger partial charge in [0.05, 0.1) is 0 Å². The molecule has 12 heavy (non-hydrogen) atoms. The summed E-state index contributed by atoms with van der Waals surface area (Å²) in [5.74, 6) is -0.116. The van der Waals surface area contributed by atoms with E-state index >= 15 is 0 Å². The molecule has 0 amide bonds. The maximum absolute atomic E-state index is 9.32. The van der Waals surface area contributed by atoms with E-state index in [-0.39, 0.29) is 11.5 Å². The van der Waals surface area contributed by atoms with Crippen LogP contribution in [-0.4, -0.2) is 16.8 Å². The SMILES string of the molecule is Cc1c(CCN)ccc(O)c1O. The quantitative estimate of drug-likeness (QED) is 0.573. The van der Waals surface area contributed by atoms with Crippen molar-refractivity contribution in [3.05, 3.63) is 23.3 Å². The van der Waals surface area contributed by atoms with Crippen molar-refractivity contribution in [3.63, 3.8) is 0 Å². The summed E-state index contributed by atoms with van der Waals surface area (Å²) < 4.78 is 0. The fraction of sp³-hybridized carbons (Fsp3) is 0.333. The smallest absolute Gasteiger partial charge is 0.160 e. The first-order chi connectivity index (χ1) is 5.66. The van der Waals surface area contributed by atoms with Crippen molar-refractivity contribution >= 4 is 0 Å². The first-order valence-corrected chi connectivity index (χ1v) is 3.87. The molecule has 1 aromatic carbocycles. The molecule has 3 nitrogen and oxygen atoms in total. The van der Waals surface area contributed by atoms with Crippen LogP contribution < -0.4 is 5.73 Å². The molecule has 0 aliphatic rings. The van der Waals surface area contributed by atoms with E-state index in [4.69, 9.17) is 10.8 Å². The van der Waals surface area contributed by atoms with E-state index in [9.17, 15) is 5.11 Å². The molecule has 0 fully saturated rings. The molecule has 66 valence electrons. The summed E-state index contributed by atoms with van der Waals surface area (Å²) in [6.45, 7) is 2.31. The lowest BCUT2D eigenvalue weighted by molar-refractivity contribution is 0.400. The minimum Gasteiger partial charge on any atom is -0.504 e. The molecular weight excluding hydrogens is 154 g/mol. The average Bonchev–Trinajstić information content (AvgIpc) is 2.07. The molecule has 0 unspecified atom stereocenters. The van der Waals surface area contributed by atoms with E-state index in [0.717, 1.165) is 12.0 Å². The number of benzene rings is 1. The molecule has 0 spiro atoms. The van der Waals surface area contributed by atoms with Crippen molar-refractivity contribution in [2.75, 3.05) is 6.54 Å². The van der Waals surface area contributed by atoms with Gasteiger partial charge in [-0.1, -0.05) is 6.07 Å². The number of aromatic hydroxyl groups is 2. The average molecular weight is 167 g/mol. The van der Waals surface area contributed by atoms with E-state index in [0.29, 0.717) is 12.1 Å². The Morgan fingerprint density at radius 1 is 1.33 bits per heavy atom. The van der Waals surface area contributed by atoms with Gasteiger partial charge in [0, 0.05) is 0 Å². The Morgan fingerprint density at radius 3 is 2.58 bits per heavy atom. The Balaban J connectivity index is 3.08. The third-order valence-corrected chi connectivity index (χ3v) is 1.94. The maximum Gasteiger partial charge on any atom is 0.160 e. The maximum atomic E-state index is 9.32. The van der Waals surface area contributed by atoms with Crippen LogP contribution in [0.25, 0.3) is 0 Å². The Bertz CT molecular complexity index is 284. The molecule has 0 aliphatic heterocycles. The van der Waals surface area contributed by atoms with E-state index in [1.54, 1.807) is 13.0 Å². The van der Waals surface area contributed by atoms with Crippen LogP contribution in [0.3, 0.4) is 0 Å². The van der Waals surface area contributed by atoms with Gasteiger partial charge in [-0.2, -0.15) is 0 Å². The van der Waals surface area contributed by atoms with Gasteiger partial charge in [0.25, 0.3) is 0 Å². The lowest BCUT2D eigenvalue weighted by Crippen LogP contribution is -2.03. The van der Waals surface area contributed by atoms with Gasteiger partial charge in [-0.25, -0.2) is 0 Å². The van der Waals surface area contributed by atoms with Crippen LogP contribution in [0.1, 0.15) is 11.1 Å². The van der Waals surface area contributed by atoms with Crippen molar-refractivity contribution in [2.24, 2.45) is 5.73 Å². The summed E-state index contributed by atoms with van der Waals surface area (Å²) in [6.07, 6.45) is 0.722. The first kappa shape index (κ1) is 8.87. The van der Waals surface area contributed by atoms with Gasteiger partial charge < -0.3 is 15.9 Å². The molecule has 0 atom stereocenters. The summed E-state index contributed by atoms with van der Waals surface area (Å²) >= 11 is 0. The number of rotatable bonds is 2. The third-order valence-electron chi connectivity index (χ3n) is 1.94. The van der Waals surface area contributed by atoms with E-state index < -0.39 is 0 Å². The number of phenols is 2. The summed E-state index contributed by atoms with van der Waals surface area (Å²) in [6, 6.07) is 3.25. The van der Waals surface area contributed by atoms with Crippen LogP contribution in [0.5, 0.6) is 11.5 Å². The van der Waals surface area contributed by atoms with Gasteiger partial charge >= 0.3 is 0 Å². The minimum absolute atomic E-state index is 0.0408. The zero-order chi connectivity index (χ0) is 9.14. The van der Waals surface area contributed by atoms with Crippen molar-refractivity contribution in [1.29, 1.82) is 0 Å². The second kappa shape index (κ2) is 3.45. The first-order valence-electron chi connectivity index (χ1n) is 3.87. The van der Waals surface area contributed by atoms with Gasteiger partial charge in [-0.05, 0) is 37.1 Å². The second-order valence-electron chi connectivity index (χ2n) is 2.76. The minimum atomic E-state index is -0.0757. The standard InChI is InChI=1S/C9H13NO2/c1-6-7(4-5-10)2-3-8(11)9(6)12/h2-3,11-12H,4-5,10H2,1H3. The number of phenolic OH excluding ortho intramolecular Hbond substituents is 2. The third kappa shape index (κ3) is 1.51. The highest BCUT2D eigenvalue weighted by Crippen LogP contribution is 2.30.